The summed E-state index contributed by atoms with van der Waals surface area (Å²) in [5.41, 5.74) is 9.21. The minimum Gasteiger partial charge on any atom is -0.496 e. The number of benzene rings is 1. The van der Waals surface area contributed by atoms with Crippen molar-refractivity contribution in [3.8, 4) is 5.75 Å². The number of ether oxygens (including phenoxy) is 1. The van der Waals surface area contributed by atoms with E-state index in [4.69, 9.17) is 10.5 Å². The first-order chi connectivity index (χ1) is 9.92. The maximum Gasteiger partial charge on any atom is 0.348 e. The lowest BCUT2D eigenvalue weighted by molar-refractivity contribution is 0.407. The number of nitrogens with two attached hydrogens (primary N) is 1. The van der Waals surface area contributed by atoms with Gasteiger partial charge in [0.15, 0.2) is 0 Å². The molecule has 112 valence electrons. The summed E-state index contributed by atoms with van der Waals surface area (Å²) in [5, 5.41) is 0. The third-order valence-electron chi connectivity index (χ3n) is 3.51. The highest BCUT2D eigenvalue weighted by Gasteiger charge is 2.10. The molecule has 2 N–H and O–H groups in total. The minimum atomic E-state index is -0.249. The summed E-state index contributed by atoms with van der Waals surface area (Å²) < 4.78 is 7.01. The second-order valence-corrected chi connectivity index (χ2v) is 5.27. The first-order valence-electron chi connectivity index (χ1n) is 6.90. The number of rotatable bonds is 4. The number of methoxy groups -OCH3 is 1. The summed E-state index contributed by atoms with van der Waals surface area (Å²) in [6.07, 6.45) is 0. The van der Waals surface area contributed by atoms with Crippen LogP contribution in [0.15, 0.2) is 29.1 Å². The summed E-state index contributed by atoms with van der Waals surface area (Å²) in [6.45, 7) is 6.06. The van der Waals surface area contributed by atoms with Crippen molar-refractivity contribution in [1.82, 2.24) is 9.55 Å². The molecule has 21 heavy (non-hydrogen) atoms. The molecular weight excluding hydrogens is 266 g/mol. The molecule has 0 amide bonds. The SMILES string of the molecule is COc1ccc(C(C)N)cc1Cn1c(C)cc(C)nc1=O. The van der Waals surface area contributed by atoms with Crippen LogP contribution >= 0.6 is 0 Å². The van der Waals surface area contributed by atoms with Crippen molar-refractivity contribution in [1.29, 1.82) is 0 Å². The molecule has 0 saturated heterocycles. The van der Waals surface area contributed by atoms with E-state index in [0.29, 0.717) is 6.54 Å². The number of hydrogen-bond donors (Lipinski definition) is 1. The van der Waals surface area contributed by atoms with Crippen LogP contribution in [-0.2, 0) is 6.54 Å². The van der Waals surface area contributed by atoms with E-state index in [1.54, 1.807) is 11.7 Å². The average molecular weight is 287 g/mol. The van der Waals surface area contributed by atoms with Crippen LogP contribution in [0.3, 0.4) is 0 Å². The maximum absolute atomic E-state index is 12.1. The lowest BCUT2D eigenvalue weighted by atomic mass is 10.0. The Morgan fingerprint density at radius 2 is 2.05 bits per heavy atom. The van der Waals surface area contributed by atoms with Crippen LogP contribution in [0, 0.1) is 13.8 Å². The topological polar surface area (TPSA) is 70.1 Å². The molecule has 5 heteroatoms. The van der Waals surface area contributed by atoms with Crippen LogP contribution < -0.4 is 16.2 Å². The van der Waals surface area contributed by atoms with Gasteiger partial charge < -0.3 is 10.5 Å². The van der Waals surface area contributed by atoms with Gasteiger partial charge in [0.25, 0.3) is 0 Å². The van der Waals surface area contributed by atoms with Gasteiger partial charge >= 0.3 is 5.69 Å². The van der Waals surface area contributed by atoms with E-state index in [-0.39, 0.29) is 11.7 Å². The first kappa shape index (κ1) is 15.3. The second-order valence-electron chi connectivity index (χ2n) is 5.27. The van der Waals surface area contributed by atoms with E-state index >= 15 is 0 Å². The smallest absolute Gasteiger partial charge is 0.348 e. The maximum atomic E-state index is 12.1. The molecule has 0 aliphatic heterocycles. The second kappa shape index (κ2) is 6.10. The summed E-state index contributed by atoms with van der Waals surface area (Å²) in [5.74, 6) is 0.742. The van der Waals surface area contributed by atoms with Crippen LogP contribution in [-0.4, -0.2) is 16.7 Å². The van der Waals surface area contributed by atoms with Gasteiger partial charge in [0.2, 0.25) is 0 Å². The van der Waals surface area contributed by atoms with Gasteiger partial charge in [-0.3, -0.25) is 4.57 Å². The summed E-state index contributed by atoms with van der Waals surface area (Å²) >= 11 is 0. The van der Waals surface area contributed by atoms with Crippen LogP contribution in [0.5, 0.6) is 5.75 Å². The van der Waals surface area contributed by atoms with Crippen LogP contribution in [0.2, 0.25) is 0 Å². The molecule has 1 aromatic carbocycles. The van der Waals surface area contributed by atoms with Crippen LogP contribution in [0.4, 0.5) is 0 Å². The Hall–Kier alpha value is -2.14. The lowest BCUT2D eigenvalue weighted by Crippen LogP contribution is -2.26. The third-order valence-corrected chi connectivity index (χ3v) is 3.51. The van der Waals surface area contributed by atoms with Crippen molar-refractivity contribution in [2.45, 2.75) is 33.4 Å². The Morgan fingerprint density at radius 3 is 2.62 bits per heavy atom. The highest BCUT2D eigenvalue weighted by molar-refractivity contribution is 5.38. The molecule has 2 rings (SSSR count). The first-order valence-corrected chi connectivity index (χ1v) is 6.90. The van der Waals surface area contributed by atoms with Gasteiger partial charge in [0.05, 0.1) is 13.7 Å². The van der Waals surface area contributed by atoms with Gasteiger partial charge in [-0.1, -0.05) is 6.07 Å². The molecule has 0 bridgehead atoms. The van der Waals surface area contributed by atoms with E-state index in [1.807, 2.05) is 45.0 Å². The number of aryl methyl sites for hydroxylation is 2. The summed E-state index contributed by atoms with van der Waals surface area (Å²) in [7, 11) is 1.62. The van der Waals surface area contributed by atoms with E-state index in [0.717, 1.165) is 28.3 Å². The molecule has 5 nitrogen and oxygen atoms in total. The van der Waals surface area contributed by atoms with Crippen molar-refractivity contribution in [2.75, 3.05) is 7.11 Å². The molecule has 1 heterocycles. The molecule has 1 aromatic heterocycles. The minimum absolute atomic E-state index is 0.0661. The zero-order valence-corrected chi connectivity index (χ0v) is 12.9. The number of hydrogen-bond acceptors (Lipinski definition) is 4. The fourth-order valence-corrected chi connectivity index (χ4v) is 2.34. The average Bonchev–Trinajstić information content (AvgIpc) is 2.42. The van der Waals surface area contributed by atoms with Gasteiger partial charge in [-0.15, -0.1) is 0 Å². The molecule has 2 aromatic rings. The van der Waals surface area contributed by atoms with Crippen molar-refractivity contribution in [3.05, 3.63) is 57.3 Å². The Morgan fingerprint density at radius 1 is 1.33 bits per heavy atom. The van der Waals surface area contributed by atoms with Crippen LogP contribution in [0.1, 0.15) is 35.5 Å². The quantitative estimate of drug-likeness (QED) is 0.933. The van der Waals surface area contributed by atoms with Gasteiger partial charge in [0.1, 0.15) is 5.75 Å². The van der Waals surface area contributed by atoms with Crippen LogP contribution in [0.25, 0.3) is 0 Å². The molecule has 0 spiro atoms. The fourth-order valence-electron chi connectivity index (χ4n) is 2.34. The molecular formula is C16H21N3O2. The molecule has 0 radical (unpaired) electrons. The molecule has 1 unspecified atom stereocenters. The highest BCUT2D eigenvalue weighted by atomic mass is 16.5. The van der Waals surface area contributed by atoms with E-state index in [9.17, 15) is 4.79 Å². The van der Waals surface area contributed by atoms with Gasteiger partial charge in [0, 0.05) is 23.0 Å². The number of nitrogens with zero attached hydrogens (tertiary/aromatic N) is 2. The standard InChI is InChI=1S/C16H21N3O2/c1-10-7-11(2)19(16(20)18-10)9-14-8-13(12(3)17)5-6-15(14)21-4/h5-8,12H,9,17H2,1-4H3. The fraction of sp³-hybridized carbons (Fsp3) is 0.375. The molecule has 0 aliphatic carbocycles. The largest absolute Gasteiger partial charge is 0.496 e. The monoisotopic (exact) mass is 287 g/mol. The lowest BCUT2D eigenvalue weighted by Gasteiger charge is -2.15. The normalized spacial score (nSPS) is 12.2. The molecule has 0 aliphatic rings. The van der Waals surface area contributed by atoms with Crippen molar-refractivity contribution in [2.24, 2.45) is 5.73 Å². The highest BCUT2D eigenvalue weighted by Crippen LogP contribution is 2.23. The molecule has 0 saturated carbocycles. The Kier molecular flexibility index (Phi) is 4.43. The zero-order valence-electron chi connectivity index (χ0n) is 12.9. The van der Waals surface area contributed by atoms with E-state index < -0.39 is 0 Å². The summed E-state index contributed by atoms with van der Waals surface area (Å²) in [4.78, 5) is 16.1. The van der Waals surface area contributed by atoms with E-state index in [2.05, 4.69) is 4.98 Å². The predicted octanol–water partition coefficient (Wildman–Crippen LogP) is 1.94. The zero-order chi connectivity index (χ0) is 15.6. The van der Waals surface area contributed by atoms with E-state index in [1.165, 1.54) is 0 Å². The third kappa shape index (κ3) is 3.31. The van der Waals surface area contributed by atoms with Crippen molar-refractivity contribution < 1.29 is 4.74 Å². The molecule has 1 atom stereocenters. The predicted molar refractivity (Wildman–Crippen MR) is 82.7 cm³/mol. The summed E-state index contributed by atoms with van der Waals surface area (Å²) in [6, 6.07) is 7.63. The Bertz CT molecular complexity index is 705. The molecule has 0 fully saturated rings. The Labute approximate surface area is 124 Å². The van der Waals surface area contributed by atoms with Crippen molar-refractivity contribution >= 4 is 0 Å². The van der Waals surface area contributed by atoms with Gasteiger partial charge in [-0.2, -0.15) is 4.98 Å². The number of aromatic nitrogens is 2. The van der Waals surface area contributed by atoms with Gasteiger partial charge in [-0.25, -0.2) is 4.79 Å². The van der Waals surface area contributed by atoms with Gasteiger partial charge in [-0.05, 0) is 44.5 Å². The van der Waals surface area contributed by atoms with Crippen molar-refractivity contribution in [3.63, 3.8) is 0 Å². The Balaban J connectivity index is 2.48.